The van der Waals surface area contributed by atoms with Gasteiger partial charge in [-0.3, -0.25) is 4.79 Å². The van der Waals surface area contributed by atoms with Crippen LogP contribution in [-0.4, -0.2) is 85.4 Å². The second-order valence-electron chi connectivity index (χ2n) is 7.39. The fourth-order valence-electron chi connectivity index (χ4n) is 4.08. The summed E-state index contributed by atoms with van der Waals surface area (Å²) >= 11 is 0. The highest BCUT2D eigenvalue weighted by Gasteiger charge is 2.32. The number of nitrogens with one attached hydrogen (secondary N) is 1. The van der Waals surface area contributed by atoms with Gasteiger partial charge in [-0.15, -0.1) is 0 Å². The van der Waals surface area contributed by atoms with Crippen LogP contribution in [0.25, 0.3) is 0 Å². The average Bonchev–Trinajstić information content (AvgIpc) is 2.58. The Morgan fingerprint density at radius 2 is 1.78 bits per heavy atom. The molecule has 3 aliphatic heterocycles. The van der Waals surface area contributed by atoms with E-state index in [0.29, 0.717) is 25.7 Å². The molecule has 3 rings (SSSR count). The molecule has 132 valence electrons. The Bertz CT molecular complexity index is 391. The van der Waals surface area contributed by atoms with Gasteiger partial charge in [0, 0.05) is 18.6 Å². The Kier molecular flexibility index (Phi) is 5.91. The summed E-state index contributed by atoms with van der Waals surface area (Å²) in [5.74, 6) is 0.228. The van der Waals surface area contributed by atoms with Crippen molar-refractivity contribution in [3.05, 3.63) is 0 Å². The Morgan fingerprint density at radius 3 is 2.43 bits per heavy atom. The number of ether oxygens (including phenoxy) is 1. The molecule has 23 heavy (non-hydrogen) atoms. The lowest BCUT2D eigenvalue weighted by Crippen LogP contribution is -2.52. The fourth-order valence-corrected chi connectivity index (χ4v) is 4.08. The molecule has 3 aliphatic rings. The van der Waals surface area contributed by atoms with Crippen molar-refractivity contribution < 1.29 is 14.6 Å². The van der Waals surface area contributed by atoms with Crippen LogP contribution in [0.5, 0.6) is 0 Å². The lowest BCUT2D eigenvalue weighted by atomic mass is 9.92. The first-order chi connectivity index (χ1) is 11.1. The third-order valence-electron chi connectivity index (χ3n) is 5.76. The summed E-state index contributed by atoms with van der Waals surface area (Å²) in [7, 11) is 2.19. The first-order valence-corrected chi connectivity index (χ1v) is 9.12. The van der Waals surface area contributed by atoms with Crippen LogP contribution in [0.1, 0.15) is 32.1 Å². The van der Waals surface area contributed by atoms with Gasteiger partial charge in [0.15, 0.2) is 0 Å². The lowest BCUT2D eigenvalue weighted by Gasteiger charge is -2.41. The fraction of sp³-hybridized carbons (Fsp3) is 0.941. The molecule has 0 aromatic heterocycles. The molecule has 0 aromatic carbocycles. The van der Waals surface area contributed by atoms with E-state index in [9.17, 15) is 9.90 Å². The van der Waals surface area contributed by atoms with Crippen molar-refractivity contribution in [2.75, 3.05) is 46.4 Å². The summed E-state index contributed by atoms with van der Waals surface area (Å²) in [6.07, 6.45) is 4.53. The minimum absolute atomic E-state index is 0.104. The van der Waals surface area contributed by atoms with E-state index >= 15 is 0 Å². The van der Waals surface area contributed by atoms with Gasteiger partial charge in [-0.2, -0.15) is 0 Å². The van der Waals surface area contributed by atoms with Gasteiger partial charge in [0.1, 0.15) is 0 Å². The van der Waals surface area contributed by atoms with Gasteiger partial charge < -0.3 is 25.0 Å². The number of rotatable bonds is 3. The van der Waals surface area contributed by atoms with E-state index in [1.165, 1.54) is 25.9 Å². The van der Waals surface area contributed by atoms with Crippen molar-refractivity contribution in [3.63, 3.8) is 0 Å². The first kappa shape index (κ1) is 17.1. The quantitative estimate of drug-likeness (QED) is 0.768. The second-order valence-corrected chi connectivity index (χ2v) is 7.39. The van der Waals surface area contributed by atoms with Crippen LogP contribution in [0.2, 0.25) is 0 Å². The summed E-state index contributed by atoms with van der Waals surface area (Å²) in [4.78, 5) is 17.4. The number of amides is 1. The minimum Gasteiger partial charge on any atom is -0.389 e. The molecule has 0 radical (unpaired) electrons. The molecule has 1 amide bonds. The van der Waals surface area contributed by atoms with Gasteiger partial charge in [-0.25, -0.2) is 0 Å². The van der Waals surface area contributed by atoms with Crippen molar-refractivity contribution >= 4 is 5.91 Å². The molecule has 3 heterocycles. The molecule has 6 heteroatoms. The van der Waals surface area contributed by atoms with E-state index in [4.69, 9.17) is 4.74 Å². The average molecular weight is 325 g/mol. The maximum absolute atomic E-state index is 12.4. The molecule has 0 bridgehead atoms. The van der Waals surface area contributed by atoms with Crippen LogP contribution in [0.15, 0.2) is 0 Å². The number of hydrogen-bond donors (Lipinski definition) is 2. The van der Waals surface area contributed by atoms with Crippen molar-refractivity contribution in [1.82, 2.24) is 15.1 Å². The summed E-state index contributed by atoms with van der Waals surface area (Å²) in [5.41, 5.74) is 0. The number of aliphatic hydroxyl groups is 1. The number of hydrogen-bond acceptors (Lipinski definition) is 5. The van der Waals surface area contributed by atoms with Crippen LogP contribution >= 0.6 is 0 Å². The highest BCUT2D eigenvalue weighted by molar-refractivity contribution is 5.79. The van der Waals surface area contributed by atoms with E-state index in [1.807, 2.05) is 0 Å². The van der Waals surface area contributed by atoms with Crippen LogP contribution < -0.4 is 5.32 Å². The highest BCUT2D eigenvalue weighted by atomic mass is 16.5. The van der Waals surface area contributed by atoms with Gasteiger partial charge in [0.05, 0.1) is 18.8 Å². The Morgan fingerprint density at radius 1 is 1.09 bits per heavy atom. The summed E-state index contributed by atoms with van der Waals surface area (Å²) < 4.78 is 5.22. The number of carbonyl (C=O) groups excluding carboxylic acids is 1. The van der Waals surface area contributed by atoms with Gasteiger partial charge in [-0.05, 0) is 65.3 Å². The molecule has 2 atom stereocenters. The third-order valence-corrected chi connectivity index (χ3v) is 5.76. The SMILES string of the molecule is CN1CCC(N2CCC(C(=O)N[C@@H]3CCOC[C@H]3O)CC2)CC1. The Balaban J connectivity index is 1.42. The molecule has 3 fully saturated rings. The van der Waals surface area contributed by atoms with Gasteiger partial charge in [-0.1, -0.05) is 0 Å². The van der Waals surface area contributed by atoms with Crippen molar-refractivity contribution in [2.24, 2.45) is 5.92 Å². The van der Waals surface area contributed by atoms with Gasteiger partial charge in [0.25, 0.3) is 0 Å². The van der Waals surface area contributed by atoms with Gasteiger partial charge in [0.2, 0.25) is 5.91 Å². The largest absolute Gasteiger partial charge is 0.389 e. The molecule has 0 unspecified atom stereocenters. The van der Waals surface area contributed by atoms with Crippen LogP contribution in [-0.2, 0) is 9.53 Å². The van der Waals surface area contributed by atoms with Crippen LogP contribution in [0.4, 0.5) is 0 Å². The number of nitrogens with zero attached hydrogens (tertiary/aromatic N) is 2. The van der Waals surface area contributed by atoms with Crippen molar-refractivity contribution in [1.29, 1.82) is 0 Å². The molecule has 0 aliphatic carbocycles. The minimum atomic E-state index is -0.563. The van der Waals surface area contributed by atoms with Crippen molar-refractivity contribution in [2.45, 2.75) is 50.3 Å². The molecule has 2 N–H and O–H groups in total. The molecule has 0 saturated carbocycles. The number of piperidine rings is 2. The Hall–Kier alpha value is -0.690. The maximum Gasteiger partial charge on any atom is 0.223 e. The predicted molar refractivity (Wildman–Crippen MR) is 88.2 cm³/mol. The topological polar surface area (TPSA) is 65.0 Å². The normalized spacial score (nSPS) is 32.8. The zero-order chi connectivity index (χ0) is 16.2. The van der Waals surface area contributed by atoms with E-state index in [2.05, 4.69) is 22.2 Å². The number of carbonyl (C=O) groups is 1. The smallest absolute Gasteiger partial charge is 0.223 e. The van der Waals surface area contributed by atoms with Crippen molar-refractivity contribution in [3.8, 4) is 0 Å². The highest BCUT2D eigenvalue weighted by Crippen LogP contribution is 2.24. The molecule has 3 saturated heterocycles. The van der Waals surface area contributed by atoms with E-state index < -0.39 is 6.10 Å². The molecule has 0 aromatic rings. The van der Waals surface area contributed by atoms with Gasteiger partial charge >= 0.3 is 0 Å². The lowest BCUT2D eigenvalue weighted by molar-refractivity contribution is -0.130. The standard InChI is InChI=1S/C17H31N3O3/c1-19-7-4-14(5-8-19)20-9-2-13(3-10-20)17(22)18-15-6-11-23-12-16(15)21/h13-16,21H,2-12H2,1H3,(H,18,22)/t15-,16-/m1/s1. The zero-order valence-electron chi connectivity index (χ0n) is 14.2. The van der Waals surface area contributed by atoms with Crippen LogP contribution in [0.3, 0.4) is 0 Å². The summed E-state index contributed by atoms with van der Waals surface area (Å²) in [6.45, 7) is 5.39. The summed E-state index contributed by atoms with van der Waals surface area (Å²) in [5, 5.41) is 12.9. The molecule has 0 spiro atoms. The molecular weight excluding hydrogens is 294 g/mol. The third kappa shape index (κ3) is 4.44. The zero-order valence-corrected chi connectivity index (χ0v) is 14.2. The van der Waals surface area contributed by atoms with E-state index in [1.54, 1.807) is 0 Å². The second kappa shape index (κ2) is 7.92. The van der Waals surface area contributed by atoms with E-state index in [0.717, 1.165) is 25.9 Å². The number of aliphatic hydroxyl groups excluding tert-OH is 1. The maximum atomic E-state index is 12.4. The Labute approximate surface area is 139 Å². The molecular formula is C17H31N3O3. The molecule has 6 nitrogen and oxygen atoms in total. The van der Waals surface area contributed by atoms with E-state index in [-0.39, 0.29) is 17.9 Å². The van der Waals surface area contributed by atoms with Crippen LogP contribution in [0, 0.1) is 5.92 Å². The first-order valence-electron chi connectivity index (χ1n) is 9.12. The predicted octanol–water partition coefficient (Wildman–Crippen LogP) is 0.0586. The number of likely N-dealkylation sites (tertiary alicyclic amines) is 2. The summed E-state index contributed by atoms with van der Waals surface area (Å²) in [6, 6.07) is 0.565. The monoisotopic (exact) mass is 325 g/mol.